The maximum absolute atomic E-state index is 12.2. The van der Waals surface area contributed by atoms with Crippen LogP contribution in [-0.2, 0) is 14.3 Å². The van der Waals surface area contributed by atoms with Crippen molar-refractivity contribution in [2.75, 3.05) is 26.8 Å². The number of carboxylic acid groups (broad SMARTS) is 1. The molecular weight excluding hydrogens is 222 g/mol. The molecule has 0 heterocycles. The molecule has 0 aliphatic heterocycles. The molecule has 5 nitrogen and oxygen atoms in total. The molecule has 2 unspecified atom stereocenters. The molecule has 2 aliphatic rings. The lowest BCUT2D eigenvalue weighted by Crippen LogP contribution is -2.39. The molecule has 2 aliphatic carbocycles. The van der Waals surface area contributed by atoms with Crippen molar-refractivity contribution in [3.05, 3.63) is 0 Å². The van der Waals surface area contributed by atoms with Crippen molar-refractivity contribution in [1.29, 1.82) is 0 Å². The minimum absolute atomic E-state index is 0.0131. The average Bonchev–Trinajstić information content (AvgIpc) is 2.76. The van der Waals surface area contributed by atoms with E-state index in [1.54, 1.807) is 7.11 Å². The van der Waals surface area contributed by atoms with Crippen molar-refractivity contribution in [2.24, 2.45) is 17.8 Å². The molecule has 2 rings (SSSR count). The molecule has 0 aromatic heterocycles. The van der Waals surface area contributed by atoms with Crippen molar-refractivity contribution < 1.29 is 19.4 Å². The second-order valence-electron chi connectivity index (χ2n) is 4.93. The van der Waals surface area contributed by atoms with E-state index in [0.717, 1.165) is 12.8 Å². The zero-order valence-corrected chi connectivity index (χ0v) is 10.1. The summed E-state index contributed by atoms with van der Waals surface area (Å²) in [6.45, 7) is 0.552. The minimum Gasteiger partial charge on any atom is -0.480 e. The van der Waals surface area contributed by atoms with E-state index < -0.39 is 5.97 Å². The zero-order valence-electron chi connectivity index (χ0n) is 10.1. The zero-order chi connectivity index (χ0) is 12.4. The third-order valence-electron chi connectivity index (χ3n) is 3.89. The third kappa shape index (κ3) is 2.60. The van der Waals surface area contributed by atoms with Crippen molar-refractivity contribution >= 4 is 11.9 Å². The molecular formula is C12H19NO4. The van der Waals surface area contributed by atoms with Crippen LogP contribution in [0.4, 0.5) is 0 Å². The standard InChI is InChI=1S/C12H19NO4/c1-17-6-5-13(7-10(14)15)12(16)11-8-3-2-4-9(8)11/h8-9,11H,2-7H2,1H3,(H,14,15). The van der Waals surface area contributed by atoms with Gasteiger partial charge in [0.2, 0.25) is 5.91 Å². The van der Waals surface area contributed by atoms with Crippen molar-refractivity contribution in [3.63, 3.8) is 0 Å². The molecule has 1 amide bonds. The minimum atomic E-state index is -0.958. The summed E-state index contributed by atoms with van der Waals surface area (Å²) in [7, 11) is 1.55. The van der Waals surface area contributed by atoms with E-state index in [0.29, 0.717) is 25.0 Å². The highest BCUT2D eigenvalue weighted by atomic mass is 16.5. The Morgan fingerprint density at radius 2 is 2.00 bits per heavy atom. The number of fused-ring (bicyclic) bond motifs is 1. The summed E-state index contributed by atoms with van der Waals surface area (Å²) in [5, 5.41) is 8.80. The number of carboxylic acids is 1. The van der Waals surface area contributed by atoms with Gasteiger partial charge in [-0.05, 0) is 24.7 Å². The number of rotatable bonds is 6. The van der Waals surface area contributed by atoms with Gasteiger partial charge in [-0.15, -0.1) is 0 Å². The van der Waals surface area contributed by atoms with E-state index >= 15 is 0 Å². The second-order valence-corrected chi connectivity index (χ2v) is 4.93. The van der Waals surface area contributed by atoms with Gasteiger partial charge in [0.25, 0.3) is 0 Å². The SMILES string of the molecule is COCCN(CC(=O)O)C(=O)C1C2CCCC21. The molecule has 0 aromatic rings. The Hall–Kier alpha value is -1.10. The maximum Gasteiger partial charge on any atom is 0.323 e. The van der Waals surface area contributed by atoms with Gasteiger partial charge in [0.05, 0.1) is 6.61 Å². The van der Waals surface area contributed by atoms with Crippen molar-refractivity contribution in [2.45, 2.75) is 19.3 Å². The van der Waals surface area contributed by atoms with Gasteiger partial charge in [-0.25, -0.2) is 0 Å². The smallest absolute Gasteiger partial charge is 0.323 e. The fraction of sp³-hybridized carbons (Fsp3) is 0.833. The summed E-state index contributed by atoms with van der Waals surface area (Å²) < 4.78 is 4.91. The highest BCUT2D eigenvalue weighted by Crippen LogP contribution is 2.58. The molecule has 2 saturated carbocycles. The van der Waals surface area contributed by atoms with E-state index in [1.807, 2.05) is 0 Å². The number of aliphatic carboxylic acids is 1. The third-order valence-corrected chi connectivity index (χ3v) is 3.89. The van der Waals surface area contributed by atoms with Crippen LogP contribution in [0.1, 0.15) is 19.3 Å². The van der Waals surface area contributed by atoms with Gasteiger partial charge in [0, 0.05) is 19.6 Å². The predicted octanol–water partition coefficient (Wildman–Crippen LogP) is 0.592. The van der Waals surface area contributed by atoms with Gasteiger partial charge >= 0.3 is 5.97 Å². The Balaban J connectivity index is 1.90. The van der Waals surface area contributed by atoms with Gasteiger partial charge in [-0.1, -0.05) is 6.42 Å². The molecule has 17 heavy (non-hydrogen) atoms. The van der Waals surface area contributed by atoms with E-state index in [-0.39, 0.29) is 18.4 Å². The molecule has 2 atom stereocenters. The average molecular weight is 241 g/mol. The van der Waals surface area contributed by atoms with Crippen molar-refractivity contribution in [3.8, 4) is 0 Å². The first kappa shape index (κ1) is 12.4. The highest BCUT2D eigenvalue weighted by molar-refractivity contribution is 5.85. The van der Waals surface area contributed by atoms with Crippen molar-refractivity contribution in [1.82, 2.24) is 4.90 Å². The number of amides is 1. The largest absolute Gasteiger partial charge is 0.480 e. The van der Waals surface area contributed by atoms with Crippen LogP contribution in [-0.4, -0.2) is 48.7 Å². The van der Waals surface area contributed by atoms with Gasteiger partial charge in [-0.2, -0.15) is 0 Å². The molecule has 5 heteroatoms. The van der Waals surface area contributed by atoms with Crippen LogP contribution in [0.15, 0.2) is 0 Å². The number of methoxy groups -OCH3 is 1. The number of nitrogens with zero attached hydrogens (tertiary/aromatic N) is 1. The first-order valence-electron chi connectivity index (χ1n) is 6.14. The normalized spacial score (nSPS) is 29.8. The second kappa shape index (κ2) is 5.04. The summed E-state index contributed by atoms with van der Waals surface area (Å²) in [5.41, 5.74) is 0. The van der Waals surface area contributed by atoms with Crippen LogP contribution >= 0.6 is 0 Å². The maximum atomic E-state index is 12.2. The summed E-state index contributed by atoms with van der Waals surface area (Å²) in [4.78, 5) is 24.3. The first-order chi connectivity index (χ1) is 8.15. The molecule has 96 valence electrons. The molecule has 0 saturated heterocycles. The Kier molecular flexibility index (Phi) is 3.66. The highest BCUT2D eigenvalue weighted by Gasteiger charge is 2.57. The van der Waals surface area contributed by atoms with E-state index in [1.165, 1.54) is 11.3 Å². The summed E-state index contributed by atoms with van der Waals surface area (Å²) in [6, 6.07) is 0. The van der Waals surface area contributed by atoms with Gasteiger partial charge in [-0.3, -0.25) is 9.59 Å². The molecule has 0 bridgehead atoms. The van der Waals surface area contributed by atoms with Gasteiger partial charge in [0.1, 0.15) is 6.54 Å². The van der Waals surface area contributed by atoms with Crippen LogP contribution in [0.3, 0.4) is 0 Å². The fourth-order valence-corrected chi connectivity index (χ4v) is 3.03. The Morgan fingerprint density at radius 1 is 1.35 bits per heavy atom. The molecule has 1 N–H and O–H groups in total. The van der Waals surface area contributed by atoms with Gasteiger partial charge in [0.15, 0.2) is 0 Å². The monoisotopic (exact) mass is 241 g/mol. The summed E-state index contributed by atoms with van der Waals surface area (Å²) in [5.74, 6) is 0.210. The number of hydrogen-bond donors (Lipinski definition) is 1. The molecule has 2 fully saturated rings. The van der Waals surface area contributed by atoms with E-state index in [9.17, 15) is 9.59 Å². The number of carbonyl (C=O) groups excluding carboxylic acids is 1. The molecule has 0 aromatic carbocycles. The van der Waals surface area contributed by atoms with Gasteiger partial charge < -0.3 is 14.7 Å². The lowest BCUT2D eigenvalue weighted by Gasteiger charge is -2.21. The van der Waals surface area contributed by atoms with Crippen LogP contribution in [0.5, 0.6) is 0 Å². The Labute approximate surface area is 101 Å². The lowest BCUT2D eigenvalue weighted by atomic mass is 10.1. The van der Waals surface area contributed by atoms with E-state index in [2.05, 4.69) is 0 Å². The van der Waals surface area contributed by atoms with Crippen LogP contribution in [0.2, 0.25) is 0 Å². The van der Waals surface area contributed by atoms with E-state index in [4.69, 9.17) is 9.84 Å². The Morgan fingerprint density at radius 3 is 2.53 bits per heavy atom. The number of ether oxygens (including phenoxy) is 1. The van der Waals surface area contributed by atoms with Crippen LogP contribution < -0.4 is 0 Å². The predicted molar refractivity (Wildman–Crippen MR) is 60.4 cm³/mol. The lowest BCUT2D eigenvalue weighted by molar-refractivity contribution is -0.145. The number of hydrogen-bond acceptors (Lipinski definition) is 3. The van der Waals surface area contributed by atoms with Crippen LogP contribution in [0.25, 0.3) is 0 Å². The quantitative estimate of drug-likeness (QED) is 0.739. The summed E-state index contributed by atoms with van der Waals surface area (Å²) in [6.07, 6.45) is 3.48. The molecule has 0 spiro atoms. The first-order valence-corrected chi connectivity index (χ1v) is 6.14. The number of carbonyl (C=O) groups is 2. The van der Waals surface area contributed by atoms with Crippen LogP contribution in [0, 0.1) is 17.8 Å². The molecule has 0 radical (unpaired) electrons. The topological polar surface area (TPSA) is 66.8 Å². The Bertz CT molecular complexity index is 308. The fourth-order valence-electron chi connectivity index (χ4n) is 3.03. The summed E-state index contributed by atoms with van der Waals surface area (Å²) >= 11 is 0.